The fourth-order valence-electron chi connectivity index (χ4n) is 6.19. The fraction of sp³-hybridized carbons (Fsp3) is 0.273. The van der Waals surface area contributed by atoms with Gasteiger partial charge in [-0.2, -0.15) is 21.9 Å². The van der Waals surface area contributed by atoms with E-state index in [2.05, 4.69) is 134 Å². The van der Waals surface area contributed by atoms with Crippen molar-refractivity contribution >= 4 is 28.0 Å². The zero-order valence-electron chi connectivity index (χ0n) is 23.2. The van der Waals surface area contributed by atoms with Crippen LogP contribution in [0.2, 0.25) is 0 Å². The van der Waals surface area contributed by atoms with E-state index in [1.54, 1.807) is 7.05 Å². The first-order chi connectivity index (χ1) is 16.6. The van der Waals surface area contributed by atoms with Crippen molar-refractivity contribution in [2.24, 2.45) is 0 Å². The van der Waals surface area contributed by atoms with Crippen molar-refractivity contribution in [1.29, 1.82) is 0 Å². The SMILES string of the molecule is C[NH3+].Cc1cc(C)cc([B-](c2cc(C)cc(C)c2)(c2cc(C)cc(C)c2)c2cc(C)cc(C)c2)c1. The molecule has 0 bridgehead atoms. The Labute approximate surface area is 213 Å². The van der Waals surface area contributed by atoms with E-state index in [-0.39, 0.29) is 0 Å². The second kappa shape index (κ2) is 10.7. The van der Waals surface area contributed by atoms with Crippen LogP contribution in [0.25, 0.3) is 0 Å². The van der Waals surface area contributed by atoms with Crippen molar-refractivity contribution in [3.8, 4) is 0 Å². The van der Waals surface area contributed by atoms with Crippen LogP contribution in [-0.4, -0.2) is 13.2 Å². The largest absolute Gasteiger partial charge is 0.360 e. The highest BCUT2D eigenvalue weighted by Gasteiger charge is 2.33. The number of aryl methyl sites for hydroxylation is 8. The van der Waals surface area contributed by atoms with Crippen LogP contribution in [0, 0.1) is 55.4 Å². The zero-order chi connectivity index (χ0) is 25.9. The molecule has 4 aromatic rings. The first kappa shape index (κ1) is 26.5. The molecule has 0 amide bonds. The Balaban J connectivity index is 0.00000167. The van der Waals surface area contributed by atoms with Gasteiger partial charge >= 0.3 is 0 Å². The summed E-state index contributed by atoms with van der Waals surface area (Å²) >= 11 is 0. The summed E-state index contributed by atoms with van der Waals surface area (Å²) in [6, 6.07) is 28.5. The molecular weight excluding hydrogens is 421 g/mol. The van der Waals surface area contributed by atoms with Gasteiger partial charge in [0.05, 0.1) is 7.05 Å². The molecule has 0 fully saturated rings. The third kappa shape index (κ3) is 5.44. The minimum atomic E-state index is -1.37. The van der Waals surface area contributed by atoms with Gasteiger partial charge in [0.15, 0.2) is 0 Å². The first-order valence-corrected chi connectivity index (χ1v) is 12.8. The number of hydrogen-bond donors (Lipinski definition) is 1. The van der Waals surface area contributed by atoms with Gasteiger partial charge in [-0.3, -0.25) is 0 Å². The van der Waals surface area contributed by atoms with Crippen LogP contribution in [-0.2, 0) is 0 Å². The van der Waals surface area contributed by atoms with Crippen molar-refractivity contribution in [3.05, 3.63) is 117 Å². The van der Waals surface area contributed by atoms with E-state index in [9.17, 15) is 0 Å². The predicted octanol–water partition coefficient (Wildman–Crippen LogP) is 4.39. The van der Waals surface area contributed by atoms with Crippen LogP contribution in [0.3, 0.4) is 0 Å². The fourth-order valence-corrected chi connectivity index (χ4v) is 6.19. The van der Waals surface area contributed by atoms with Crippen LogP contribution in [0.4, 0.5) is 0 Å². The minimum Gasteiger partial charge on any atom is -0.360 e. The molecule has 0 spiro atoms. The Hall–Kier alpha value is -3.10. The van der Waals surface area contributed by atoms with Gasteiger partial charge in [-0.15, -0.1) is 0 Å². The van der Waals surface area contributed by atoms with Gasteiger partial charge in [0.2, 0.25) is 0 Å². The molecular formula is C33H42BN. The second-order valence-corrected chi connectivity index (χ2v) is 10.6. The Kier molecular flexibility index (Phi) is 8.08. The van der Waals surface area contributed by atoms with Crippen molar-refractivity contribution < 1.29 is 5.73 Å². The molecule has 0 heterocycles. The van der Waals surface area contributed by atoms with E-state index in [1.807, 2.05) is 0 Å². The molecule has 182 valence electrons. The van der Waals surface area contributed by atoms with Gasteiger partial charge in [0, 0.05) is 0 Å². The van der Waals surface area contributed by atoms with Crippen LogP contribution in [0.5, 0.6) is 0 Å². The van der Waals surface area contributed by atoms with Gasteiger partial charge < -0.3 is 5.73 Å². The minimum absolute atomic E-state index is 1.31. The molecule has 0 radical (unpaired) electrons. The number of quaternary nitrogens is 1. The Morgan fingerprint density at radius 2 is 0.457 bits per heavy atom. The second-order valence-electron chi connectivity index (χ2n) is 10.6. The van der Waals surface area contributed by atoms with Crippen LogP contribution in [0.15, 0.2) is 72.8 Å². The first-order valence-electron chi connectivity index (χ1n) is 12.8. The summed E-state index contributed by atoms with van der Waals surface area (Å²) in [4.78, 5) is 0. The summed E-state index contributed by atoms with van der Waals surface area (Å²) in [7, 11) is 1.75. The maximum absolute atomic E-state index is 3.25. The summed E-state index contributed by atoms with van der Waals surface area (Å²) in [5.74, 6) is 0. The highest BCUT2D eigenvalue weighted by atomic mass is 14.4. The summed E-state index contributed by atoms with van der Waals surface area (Å²) in [5, 5.41) is 0. The Morgan fingerprint density at radius 3 is 0.600 bits per heavy atom. The lowest BCUT2D eigenvalue weighted by Gasteiger charge is -2.46. The van der Waals surface area contributed by atoms with Crippen molar-refractivity contribution in [2.75, 3.05) is 7.05 Å². The summed E-state index contributed by atoms with van der Waals surface area (Å²) in [5.41, 5.74) is 19.3. The monoisotopic (exact) mass is 463 g/mol. The van der Waals surface area contributed by atoms with Crippen LogP contribution < -0.4 is 27.6 Å². The van der Waals surface area contributed by atoms with Crippen LogP contribution >= 0.6 is 0 Å². The van der Waals surface area contributed by atoms with Crippen molar-refractivity contribution in [1.82, 2.24) is 0 Å². The zero-order valence-corrected chi connectivity index (χ0v) is 23.2. The average Bonchev–Trinajstić information content (AvgIpc) is 2.73. The quantitative estimate of drug-likeness (QED) is 0.435. The number of hydrogen-bond acceptors (Lipinski definition) is 0. The topological polar surface area (TPSA) is 27.6 Å². The van der Waals surface area contributed by atoms with E-state index in [4.69, 9.17) is 0 Å². The molecule has 4 aromatic carbocycles. The molecule has 0 saturated carbocycles. The summed E-state index contributed by atoms with van der Waals surface area (Å²) in [6.45, 7) is 17.8. The molecule has 0 saturated heterocycles. The van der Waals surface area contributed by atoms with Gasteiger partial charge in [0.1, 0.15) is 6.15 Å². The summed E-state index contributed by atoms with van der Waals surface area (Å²) in [6.07, 6.45) is -1.37. The molecule has 4 rings (SSSR count). The van der Waals surface area contributed by atoms with Gasteiger partial charge in [-0.05, 0) is 55.4 Å². The Morgan fingerprint density at radius 1 is 0.314 bits per heavy atom. The molecule has 1 nitrogen and oxygen atoms in total. The lowest BCUT2D eigenvalue weighted by atomic mass is 9.12. The molecule has 0 atom stereocenters. The molecule has 0 aliphatic carbocycles. The summed E-state index contributed by atoms with van der Waals surface area (Å²) < 4.78 is 0. The van der Waals surface area contributed by atoms with Crippen LogP contribution in [0.1, 0.15) is 44.5 Å². The molecule has 2 heteroatoms. The molecule has 3 N–H and O–H groups in total. The van der Waals surface area contributed by atoms with Gasteiger partial charge in [-0.1, -0.05) is 117 Å². The molecule has 35 heavy (non-hydrogen) atoms. The highest BCUT2D eigenvalue weighted by molar-refractivity contribution is 7.20. The predicted molar refractivity (Wildman–Crippen MR) is 157 cm³/mol. The van der Waals surface area contributed by atoms with Gasteiger partial charge in [-0.25, -0.2) is 0 Å². The molecule has 0 aliphatic rings. The van der Waals surface area contributed by atoms with E-state index in [1.165, 1.54) is 66.4 Å². The van der Waals surface area contributed by atoms with E-state index in [0.29, 0.717) is 0 Å². The lowest BCUT2D eigenvalue weighted by molar-refractivity contribution is -0.325. The normalized spacial score (nSPS) is 11.1. The maximum atomic E-state index is 3.25. The number of rotatable bonds is 4. The van der Waals surface area contributed by atoms with E-state index < -0.39 is 6.15 Å². The van der Waals surface area contributed by atoms with Gasteiger partial charge in [0.25, 0.3) is 0 Å². The van der Waals surface area contributed by atoms with E-state index >= 15 is 0 Å². The highest BCUT2D eigenvalue weighted by Crippen LogP contribution is 2.17. The van der Waals surface area contributed by atoms with Crippen molar-refractivity contribution in [2.45, 2.75) is 55.4 Å². The molecule has 0 aliphatic heterocycles. The smallest absolute Gasteiger partial charge is 0.108 e. The van der Waals surface area contributed by atoms with Crippen molar-refractivity contribution in [3.63, 3.8) is 0 Å². The molecule has 0 unspecified atom stereocenters. The third-order valence-corrected chi connectivity index (χ3v) is 6.98. The standard InChI is InChI=1S/C32H36B.CH5N/c1-21-9-22(2)14-29(13-21)33(30-15-23(3)10-24(4)16-30,31-17-25(5)11-26(6)18-31)32-19-27(7)12-28(8)20-32;1-2/h9-20H,1-8H3;2H2,1H3/q-1;/p+1. The average molecular weight is 464 g/mol. The third-order valence-electron chi connectivity index (χ3n) is 6.98. The maximum Gasteiger partial charge on any atom is 0.108 e. The number of benzene rings is 4. The molecule has 0 aromatic heterocycles. The Bertz CT molecular complexity index is 1060. The van der Waals surface area contributed by atoms with E-state index in [0.717, 1.165) is 0 Å². The lowest BCUT2D eigenvalue weighted by Crippen LogP contribution is -2.75.